The van der Waals surface area contributed by atoms with Crippen molar-refractivity contribution < 1.29 is 14.3 Å². The second kappa shape index (κ2) is 9.77. The van der Waals surface area contributed by atoms with Gasteiger partial charge >= 0.3 is 0 Å². The van der Waals surface area contributed by atoms with E-state index in [2.05, 4.69) is 10.6 Å². The van der Waals surface area contributed by atoms with Gasteiger partial charge in [0.2, 0.25) is 5.91 Å². The maximum atomic E-state index is 13.0. The SMILES string of the molecule is COc1ccc(Cl)c(N2CC(c3nc4ccccc4n3CCCOc3ccccc3)CC2=O)c1. The highest BCUT2D eigenvalue weighted by molar-refractivity contribution is 6.34. The van der Waals surface area contributed by atoms with Crippen LogP contribution in [-0.2, 0) is 11.3 Å². The van der Waals surface area contributed by atoms with Crippen LogP contribution < -0.4 is 14.4 Å². The van der Waals surface area contributed by atoms with Crippen LogP contribution in [0.25, 0.3) is 11.0 Å². The minimum Gasteiger partial charge on any atom is -0.497 e. The average molecular weight is 476 g/mol. The number of carbonyl (C=O) groups excluding carboxylic acids is 1. The summed E-state index contributed by atoms with van der Waals surface area (Å²) in [4.78, 5) is 19.7. The zero-order valence-electron chi connectivity index (χ0n) is 19.0. The van der Waals surface area contributed by atoms with Crippen LogP contribution in [0, 0.1) is 0 Å². The number of rotatable bonds is 8. The predicted octanol–water partition coefficient (Wildman–Crippen LogP) is 5.69. The van der Waals surface area contributed by atoms with Gasteiger partial charge in [0.1, 0.15) is 17.3 Å². The third-order valence-corrected chi connectivity index (χ3v) is 6.48. The summed E-state index contributed by atoms with van der Waals surface area (Å²) in [6.07, 6.45) is 1.21. The number of anilines is 1. The molecule has 2 heterocycles. The fourth-order valence-electron chi connectivity index (χ4n) is 4.51. The third-order valence-electron chi connectivity index (χ3n) is 6.16. The largest absolute Gasteiger partial charge is 0.497 e. The van der Waals surface area contributed by atoms with E-state index >= 15 is 0 Å². The Morgan fingerprint density at radius 1 is 1.03 bits per heavy atom. The second-order valence-corrected chi connectivity index (χ2v) is 8.76. The number of amides is 1. The highest BCUT2D eigenvalue weighted by Crippen LogP contribution is 2.37. The summed E-state index contributed by atoms with van der Waals surface area (Å²) < 4.78 is 13.5. The van der Waals surface area contributed by atoms with Gasteiger partial charge in [0, 0.05) is 31.5 Å². The molecule has 0 aliphatic carbocycles. The standard InChI is InChI=1S/C27H26ClN3O3/c1-33-21-12-13-22(28)25(17-21)31-18-19(16-26(31)32)27-29-23-10-5-6-11-24(23)30(27)14-7-15-34-20-8-3-2-4-9-20/h2-6,8-13,17,19H,7,14-16,18H2,1H3. The maximum Gasteiger partial charge on any atom is 0.227 e. The molecule has 0 bridgehead atoms. The molecule has 1 atom stereocenters. The number of hydrogen-bond acceptors (Lipinski definition) is 4. The number of hydrogen-bond donors (Lipinski definition) is 0. The first-order valence-electron chi connectivity index (χ1n) is 11.4. The zero-order valence-corrected chi connectivity index (χ0v) is 19.7. The first-order valence-corrected chi connectivity index (χ1v) is 11.8. The smallest absolute Gasteiger partial charge is 0.227 e. The van der Waals surface area contributed by atoms with Crippen molar-refractivity contribution in [1.82, 2.24) is 9.55 Å². The van der Waals surface area contributed by atoms with Crippen LogP contribution in [0.2, 0.25) is 5.02 Å². The topological polar surface area (TPSA) is 56.6 Å². The van der Waals surface area contributed by atoms with Gasteiger partial charge in [-0.25, -0.2) is 4.98 Å². The number of aryl methyl sites for hydroxylation is 1. The van der Waals surface area contributed by atoms with E-state index in [0.29, 0.717) is 36.0 Å². The van der Waals surface area contributed by atoms with Gasteiger partial charge in [0.05, 0.1) is 35.5 Å². The van der Waals surface area contributed by atoms with E-state index in [9.17, 15) is 4.79 Å². The van der Waals surface area contributed by atoms with Gasteiger partial charge in [0.25, 0.3) is 0 Å². The fourth-order valence-corrected chi connectivity index (χ4v) is 4.73. The van der Waals surface area contributed by atoms with E-state index in [1.54, 1.807) is 24.1 Å². The molecular weight excluding hydrogens is 450 g/mol. The van der Waals surface area contributed by atoms with E-state index in [1.807, 2.05) is 54.6 Å². The van der Waals surface area contributed by atoms with Crippen LogP contribution in [0.5, 0.6) is 11.5 Å². The van der Waals surface area contributed by atoms with Crippen LogP contribution >= 0.6 is 11.6 Å². The van der Waals surface area contributed by atoms with Crippen LogP contribution in [0.4, 0.5) is 5.69 Å². The number of aromatic nitrogens is 2. The highest BCUT2D eigenvalue weighted by atomic mass is 35.5. The summed E-state index contributed by atoms with van der Waals surface area (Å²) in [5.41, 5.74) is 2.68. The quantitative estimate of drug-likeness (QED) is 0.307. The molecule has 6 nitrogen and oxygen atoms in total. The average Bonchev–Trinajstić information content (AvgIpc) is 3.43. The van der Waals surface area contributed by atoms with Crippen molar-refractivity contribution in [2.24, 2.45) is 0 Å². The molecule has 4 aromatic rings. The molecule has 1 saturated heterocycles. The molecule has 0 N–H and O–H groups in total. The first-order chi connectivity index (χ1) is 16.6. The summed E-state index contributed by atoms with van der Waals surface area (Å²) in [5, 5.41) is 0.529. The molecular formula is C27H26ClN3O3. The van der Waals surface area contributed by atoms with Crippen molar-refractivity contribution in [1.29, 1.82) is 0 Å². The maximum absolute atomic E-state index is 13.0. The minimum absolute atomic E-state index is 0.0304. The fraction of sp³-hybridized carbons (Fsp3) is 0.259. The molecule has 1 aromatic heterocycles. The van der Waals surface area contributed by atoms with Crippen LogP contribution in [0.15, 0.2) is 72.8 Å². The van der Waals surface area contributed by atoms with E-state index in [4.69, 9.17) is 26.1 Å². The van der Waals surface area contributed by atoms with E-state index in [1.165, 1.54) is 0 Å². The predicted molar refractivity (Wildman–Crippen MR) is 134 cm³/mol. The lowest BCUT2D eigenvalue weighted by Crippen LogP contribution is -2.25. The number of halogens is 1. The van der Waals surface area contributed by atoms with Crippen molar-refractivity contribution in [3.63, 3.8) is 0 Å². The molecule has 34 heavy (non-hydrogen) atoms. The number of ether oxygens (including phenoxy) is 2. The number of para-hydroxylation sites is 3. The molecule has 5 rings (SSSR count). The second-order valence-electron chi connectivity index (χ2n) is 8.35. The van der Waals surface area contributed by atoms with Crippen LogP contribution in [-0.4, -0.2) is 35.7 Å². The van der Waals surface area contributed by atoms with Gasteiger partial charge in [0.15, 0.2) is 0 Å². The summed E-state index contributed by atoms with van der Waals surface area (Å²) in [7, 11) is 1.60. The van der Waals surface area contributed by atoms with Crippen LogP contribution in [0.1, 0.15) is 24.6 Å². The summed E-state index contributed by atoms with van der Waals surface area (Å²) in [6, 6.07) is 23.3. The minimum atomic E-state index is -0.0304. The van der Waals surface area contributed by atoms with E-state index in [-0.39, 0.29) is 11.8 Å². The van der Waals surface area contributed by atoms with Gasteiger partial charge in [-0.15, -0.1) is 0 Å². The Labute approximate surface area is 203 Å². The van der Waals surface area contributed by atoms with Crippen LogP contribution in [0.3, 0.4) is 0 Å². The normalized spacial score (nSPS) is 15.8. The number of benzene rings is 3. The van der Waals surface area contributed by atoms with E-state index < -0.39 is 0 Å². The van der Waals surface area contributed by atoms with Gasteiger partial charge in [-0.2, -0.15) is 0 Å². The lowest BCUT2D eigenvalue weighted by atomic mass is 10.1. The van der Waals surface area contributed by atoms with Gasteiger partial charge in [-0.3, -0.25) is 4.79 Å². The summed E-state index contributed by atoms with van der Waals surface area (Å²) in [6.45, 7) is 1.88. The molecule has 3 aromatic carbocycles. The summed E-state index contributed by atoms with van der Waals surface area (Å²) >= 11 is 6.44. The Balaban J connectivity index is 1.37. The molecule has 0 radical (unpaired) electrons. The molecule has 1 fully saturated rings. The van der Waals surface area contributed by atoms with Crippen molar-refractivity contribution in [3.8, 4) is 11.5 Å². The van der Waals surface area contributed by atoms with Crippen molar-refractivity contribution in [2.45, 2.75) is 25.3 Å². The van der Waals surface area contributed by atoms with Crippen molar-refractivity contribution in [2.75, 3.05) is 25.2 Å². The Hall–Kier alpha value is -3.51. The lowest BCUT2D eigenvalue weighted by molar-refractivity contribution is -0.117. The zero-order chi connectivity index (χ0) is 23.5. The number of carbonyl (C=O) groups is 1. The Bertz CT molecular complexity index is 1310. The molecule has 0 spiro atoms. The number of imidazole rings is 1. The number of fused-ring (bicyclic) bond motifs is 1. The summed E-state index contributed by atoms with van der Waals surface area (Å²) in [5.74, 6) is 2.46. The molecule has 0 saturated carbocycles. The van der Waals surface area contributed by atoms with Gasteiger partial charge in [-0.05, 0) is 42.8 Å². The Morgan fingerprint density at radius 3 is 2.65 bits per heavy atom. The molecule has 1 unspecified atom stereocenters. The number of methoxy groups -OCH3 is 1. The molecule has 174 valence electrons. The van der Waals surface area contributed by atoms with Gasteiger partial charge in [-0.1, -0.05) is 41.9 Å². The molecule has 1 amide bonds. The lowest BCUT2D eigenvalue weighted by Gasteiger charge is -2.19. The number of nitrogens with zero attached hydrogens (tertiary/aromatic N) is 3. The highest BCUT2D eigenvalue weighted by Gasteiger charge is 2.35. The van der Waals surface area contributed by atoms with Crippen molar-refractivity contribution >= 4 is 34.2 Å². The molecule has 7 heteroatoms. The van der Waals surface area contributed by atoms with Crippen molar-refractivity contribution in [3.05, 3.63) is 83.6 Å². The van der Waals surface area contributed by atoms with Gasteiger partial charge < -0.3 is 18.9 Å². The monoisotopic (exact) mass is 475 g/mol. The Kier molecular flexibility index (Phi) is 6.41. The third kappa shape index (κ3) is 4.46. The molecule has 1 aliphatic rings. The first kappa shape index (κ1) is 22.3. The Morgan fingerprint density at radius 2 is 1.82 bits per heavy atom. The van der Waals surface area contributed by atoms with E-state index in [0.717, 1.165) is 35.6 Å². The molecule has 1 aliphatic heterocycles.